The summed E-state index contributed by atoms with van der Waals surface area (Å²) in [5.74, 6) is 0. The monoisotopic (exact) mass is 310 g/mol. The lowest BCUT2D eigenvalue weighted by molar-refractivity contribution is -0.367. The average molecular weight is 311 g/mol. The SMILES string of the molecule is Cc1cccc([C@H](C[NH3+])S(=O)(=O)c2ccc(Cl)cc2)c1. The van der Waals surface area contributed by atoms with Gasteiger partial charge in [0.25, 0.3) is 0 Å². The maximum atomic E-state index is 12.7. The summed E-state index contributed by atoms with van der Waals surface area (Å²) in [5.41, 5.74) is 5.60. The van der Waals surface area contributed by atoms with Crippen molar-refractivity contribution in [1.29, 1.82) is 0 Å². The number of hydrogen-bond donors (Lipinski definition) is 1. The van der Waals surface area contributed by atoms with Gasteiger partial charge >= 0.3 is 0 Å². The summed E-state index contributed by atoms with van der Waals surface area (Å²) in [5, 5.41) is -0.116. The summed E-state index contributed by atoms with van der Waals surface area (Å²) >= 11 is 5.81. The van der Waals surface area contributed by atoms with E-state index in [-0.39, 0.29) is 11.4 Å². The van der Waals surface area contributed by atoms with Gasteiger partial charge in [0, 0.05) is 5.02 Å². The first-order chi connectivity index (χ1) is 9.45. The zero-order valence-corrected chi connectivity index (χ0v) is 12.8. The highest BCUT2D eigenvalue weighted by Gasteiger charge is 2.29. The molecule has 20 heavy (non-hydrogen) atoms. The van der Waals surface area contributed by atoms with Crippen LogP contribution in [0.15, 0.2) is 53.4 Å². The first kappa shape index (κ1) is 15.0. The summed E-state index contributed by atoms with van der Waals surface area (Å²) in [7, 11) is -3.46. The van der Waals surface area contributed by atoms with E-state index in [0.717, 1.165) is 11.1 Å². The van der Waals surface area contributed by atoms with Crippen LogP contribution in [0.4, 0.5) is 0 Å². The van der Waals surface area contributed by atoms with Gasteiger partial charge in [0.2, 0.25) is 0 Å². The highest BCUT2D eigenvalue weighted by molar-refractivity contribution is 7.91. The van der Waals surface area contributed by atoms with Crippen molar-refractivity contribution in [3.05, 3.63) is 64.7 Å². The van der Waals surface area contributed by atoms with Crippen LogP contribution in [0, 0.1) is 6.92 Å². The molecule has 0 aliphatic carbocycles. The van der Waals surface area contributed by atoms with Crippen molar-refractivity contribution < 1.29 is 14.2 Å². The second-order valence-electron chi connectivity index (χ2n) is 4.69. The number of sulfone groups is 1. The minimum atomic E-state index is -3.46. The van der Waals surface area contributed by atoms with Crippen LogP contribution in [0.25, 0.3) is 0 Å². The third kappa shape index (κ3) is 3.03. The van der Waals surface area contributed by atoms with Gasteiger partial charge in [-0.2, -0.15) is 0 Å². The topological polar surface area (TPSA) is 61.8 Å². The van der Waals surface area contributed by atoms with Crippen LogP contribution >= 0.6 is 11.6 Å². The largest absolute Gasteiger partial charge is 0.356 e. The standard InChI is InChI=1S/C15H16ClNO2S/c1-11-3-2-4-12(9-11)15(10-17)20(18,19)14-7-5-13(16)6-8-14/h2-9,15H,10,17H2,1H3/p+1/t15-/m0/s1. The Morgan fingerprint density at radius 3 is 2.35 bits per heavy atom. The fourth-order valence-electron chi connectivity index (χ4n) is 2.16. The molecule has 0 unspecified atom stereocenters. The van der Waals surface area contributed by atoms with Crippen LogP contribution in [0.1, 0.15) is 16.4 Å². The van der Waals surface area contributed by atoms with Gasteiger partial charge in [0.1, 0.15) is 5.25 Å². The molecule has 0 spiro atoms. The molecule has 0 saturated carbocycles. The Morgan fingerprint density at radius 2 is 1.80 bits per heavy atom. The molecule has 0 aliphatic heterocycles. The summed E-state index contributed by atoms with van der Waals surface area (Å²) in [4.78, 5) is 0.275. The van der Waals surface area contributed by atoms with Crippen LogP contribution in [0.5, 0.6) is 0 Å². The molecule has 2 aromatic rings. The van der Waals surface area contributed by atoms with E-state index in [1.54, 1.807) is 12.1 Å². The highest BCUT2D eigenvalue weighted by atomic mass is 35.5. The number of aryl methyl sites for hydroxylation is 1. The molecule has 5 heteroatoms. The number of hydrogen-bond acceptors (Lipinski definition) is 2. The third-order valence-electron chi connectivity index (χ3n) is 3.19. The zero-order valence-electron chi connectivity index (χ0n) is 11.2. The van der Waals surface area contributed by atoms with Crippen molar-refractivity contribution in [2.45, 2.75) is 17.1 Å². The minimum absolute atomic E-state index is 0.275. The van der Waals surface area contributed by atoms with Crippen LogP contribution in [0.2, 0.25) is 5.02 Å². The zero-order chi connectivity index (χ0) is 14.8. The van der Waals surface area contributed by atoms with Crippen LogP contribution < -0.4 is 5.73 Å². The lowest BCUT2D eigenvalue weighted by atomic mass is 10.1. The van der Waals surface area contributed by atoms with Crippen LogP contribution in [-0.2, 0) is 9.84 Å². The Bertz CT molecular complexity index is 696. The Balaban J connectivity index is 2.47. The number of rotatable bonds is 4. The van der Waals surface area contributed by atoms with Gasteiger partial charge in [0.05, 0.1) is 11.4 Å². The molecule has 0 heterocycles. The van der Waals surface area contributed by atoms with E-state index in [9.17, 15) is 8.42 Å². The van der Waals surface area contributed by atoms with Gasteiger partial charge in [-0.25, -0.2) is 8.42 Å². The molecular formula is C15H17ClNO2S+. The molecule has 2 rings (SSSR count). The van der Waals surface area contributed by atoms with E-state index in [1.165, 1.54) is 12.1 Å². The smallest absolute Gasteiger partial charge is 0.190 e. The predicted molar refractivity (Wildman–Crippen MR) is 80.3 cm³/mol. The van der Waals surface area contributed by atoms with Gasteiger partial charge in [-0.1, -0.05) is 41.4 Å². The summed E-state index contributed by atoms with van der Waals surface area (Å²) < 4.78 is 25.4. The molecule has 0 aromatic heterocycles. The van der Waals surface area contributed by atoms with Crippen molar-refractivity contribution in [3.63, 3.8) is 0 Å². The first-order valence-electron chi connectivity index (χ1n) is 6.30. The van der Waals surface area contributed by atoms with Crippen LogP contribution in [-0.4, -0.2) is 15.0 Å². The molecule has 0 bridgehead atoms. The average Bonchev–Trinajstić information content (AvgIpc) is 2.40. The maximum absolute atomic E-state index is 12.7. The van der Waals surface area contributed by atoms with E-state index < -0.39 is 15.1 Å². The molecule has 0 saturated heterocycles. The normalized spacial score (nSPS) is 13.2. The van der Waals surface area contributed by atoms with Crippen LogP contribution in [0.3, 0.4) is 0 Å². The van der Waals surface area contributed by atoms with Gasteiger partial charge < -0.3 is 5.73 Å². The Hall–Kier alpha value is -1.36. The molecule has 0 amide bonds. The maximum Gasteiger partial charge on any atom is 0.190 e. The van der Waals surface area contributed by atoms with E-state index in [2.05, 4.69) is 5.73 Å². The fraction of sp³-hybridized carbons (Fsp3) is 0.200. The van der Waals surface area contributed by atoms with Gasteiger partial charge in [0.15, 0.2) is 9.84 Å². The lowest BCUT2D eigenvalue weighted by Gasteiger charge is -2.15. The van der Waals surface area contributed by atoms with Crippen molar-refractivity contribution in [2.24, 2.45) is 0 Å². The molecule has 3 nitrogen and oxygen atoms in total. The minimum Gasteiger partial charge on any atom is -0.356 e. The van der Waals surface area contributed by atoms with Gasteiger partial charge in [-0.3, -0.25) is 0 Å². The fourth-order valence-corrected chi connectivity index (χ4v) is 3.95. The number of benzene rings is 2. The first-order valence-corrected chi connectivity index (χ1v) is 8.23. The number of halogens is 1. The lowest BCUT2D eigenvalue weighted by Crippen LogP contribution is -2.54. The van der Waals surface area contributed by atoms with Crippen molar-refractivity contribution in [2.75, 3.05) is 6.54 Å². The van der Waals surface area contributed by atoms with Crippen molar-refractivity contribution in [3.8, 4) is 0 Å². The second kappa shape index (κ2) is 5.95. The highest BCUT2D eigenvalue weighted by Crippen LogP contribution is 2.28. The molecule has 0 fully saturated rings. The van der Waals surface area contributed by atoms with Gasteiger partial charge in [-0.15, -0.1) is 0 Å². The molecule has 1 atom stereocenters. The molecule has 0 aliphatic rings. The molecule has 106 valence electrons. The van der Waals surface area contributed by atoms with E-state index in [1.807, 2.05) is 31.2 Å². The summed E-state index contributed by atoms with van der Waals surface area (Å²) in [6.45, 7) is 2.23. The molecular weight excluding hydrogens is 294 g/mol. The second-order valence-corrected chi connectivity index (χ2v) is 7.26. The Labute approximate surface area is 124 Å². The Morgan fingerprint density at radius 1 is 1.15 bits per heavy atom. The molecule has 3 N–H and O–H groups in total. The summed E-state index contributed by atoms with van der Waals surface area (Å²) in [6.07, 6.45) is 0. The third-order valence-corrected chi connectivity index (χ3v) is 5.63. The Kier molecular flexibility index (Phi) is 4.48. The van der Waals surface area contributed by atoms with E-state index >= 15 is 0 Å². The van der Waals surface area contributed by atoms with Crippen molar-refractivity contribution in [1.82, 2.24) is 0 Å². The van der Waals surface area contributed by atoms with Crippen molar-refractivity contribution >= 4 is 21.4 Å². The predicted octanol–water partition coefficient (Wildman–Crippen LogP) is 2.41. The number of quaternary nitrogens is 1. The molecule has 0 radical (unpaired) electrons. The molecule has 2 aromatic carbocycles. The quantitative estimate of drug-likeness (QED) is 0.942. The summed E-state index contributed by atoms with van der Waals surface area (Å²) in [6, 6.07) is 13.8. The van der Waals surface area contributed by atoms with E-state index in [4.69, 9.17) is 11.6 Å². The van der Waals surface area contributed by atoms with Gasteiger partial charge in [-0.05, 0) is 36.8 Å². The van der Waals surface area contributed by atoms with E-state index in [0.29, 0.717) is 5.02 Å².